The summed E-state index contributed by atoms with van der Waals surface area (Å²) < 4.78 is 25.8. The summed E-state index contributed by atoms with van der Waals surface area (Å²) in [5.74, 6) is -0.370. The number of benzene rings is 2. The number of carbonyl (C=O) groups excluding carboxylic acids is 1. The maximum atomic E-state index is 12.9. The Labute approximate surface area is 172 Å². The number of carbonyl (C=O) groups is 1. The van der Waals surface area contributed by atoms with Crippen molar-refractivity contribution >= 4 is 33.2 Å². The Bertz CT molecular complexity index is 972. The molecule has 0 unspecified atom stereocenters. The van der Waals surface area contributed by atoms with Crippen molar-refractivity contribution in [3.8, 4) is 0 Å². The van der Waals surface area contributed by atoms with E-state index in [0.29, 0.717) is 10.7 Å². The predicted octanol–water partition coefficient (Wildman–Crippen LogP) is 4.30. The van der Waals surface area contributed by atoms with Gasteiger partial charge in [0, 0.05) is 5.02 Å². The lowest BCUT2D eigenvalue weighted by atomic mass is 9.96. The molecule has 0 bridgehead atoms. The van der Waals surface area contributed by atoms with Crippen LogP contribution < -0.4 is 9.62 Å². The van der Waals surface area contributed by atoms with E-state index in [2.05, 4.69) is 17.4 Å². The van der Waals surface area contributed by atoms with E-state index < -0.39 is 16.1 Å². The molecule has 0 saturated carbocycles. The Balaban J connectivity index is 2.28. The highest BCUT2D eigenvalue weighted by Crippen LogP contribution is 2.25. The van der Waals surface area contributed by atoms with Crippen molar-refractivity contribution in [1.82, 2.24) is 5.32 Å². The molecule has 0 spiro atoms. The third-order valence-corrected chi connectivity index (χ3v) is 6.37. The molecular weight excluding hydrogens is 396 g/mol. The van der Waals surface area contributed by atoms with Gasteiger partial charge < -0.3 is 5.32 Å². The van der Waals surface area contributed by atoms with Crippen molar-refractivity contribution in [2.24, 2.45) is 0 Å². The molecule has 0 aliphatic carbocycles. The minimum absolute atomic E-state index is 0.249. The van der Waals surface area contributed by atoms with Gasteiger partial charge in [-0.3, -0.25) is 9.10 Å². The van der Waals surface area contributed by atoms with Gasteiger partial charge in [-0.1, -0.05) is 23.7 Å². The average molecular weight is 423 g/mol. The summed E-state index contributed by atoms with van der Waals surface area (Å²) in [5, 5.41) is 3.44. The molecule has 1 amide bonds. The van der Waals surface area contributed by atoms with Gasteiger partial charge in [-0.15, -0.1) is 0 Å². The van der Waals surface area contributed by atoms with Crippen LogP contribution in [0.25, 0.3) is 0 Å². The average Bonchev–Trinajstić information content (AvgIpc) is 2.58. The zero-order valence-corrected chi connectivity index (χ0v) is 18.6. The molecule has 0 heterocycles. The van der Waals surface area contributed by atoms with Crippen molar-refractivity contribution in [2.45, 2.75) is 46.7 Å². The largest absolute Gasteiger partial charge is 0.348 e. The molecule has 152 valence electrons. The zero-order valence-electron chi connectivity index (χ0n) is 17.1. The fourth-order valence-corrected chi connectivity index (χ4v) is 4.56. The van der Waals surface area contributed by atoms with Gasteiger partial charge in [-0.05, 0) is 81.1 Å². The number of hydrogen-bond donors (Lipinski definition) is 1. The molecule has 2 atom stereocenters. The predicted molar refractivity (Wildman–Crippen MR) is 115 cm³/mol. The molecule has 7 heteroatoms. The molecular formula is C21H27ClN2O3S. The van der Waals surface area contributed by atoms with E-state index in [-0.39, 0.29) is 11.9 Å². The fraction of sp³-hybridized carbons (Fsp3) is 0.381. The Hall–Kier alpha value is -2.05. The SMILES string of the molecule is Cc1cc(C)c([C@@H](C)NC(=O)[C@H](C)N(c2ccc(Cl)cc2)S(C)(=O)=O)cc1C. The highest BCUT2D eigenvalue weighted by Gasteiger charge is 2.30. The van der Waals surface area contributed by atoms with Gasteiger partial charge in [-0.2, -0.15) is 0 Å². The molecule has 1 N–H and O–H groups in total. The van der Waals surface area contributed by atoms with Crippen molar-refractivity contribution in [2.75, 3.05) is 10.6 Å². The number of amides is 1. The highest BCUT2D eigenvalue weighted by molar-refractivity contribution is 7.92. The summed E-state index contributed by atoms with van der Waals surface area (Å²) in [6.07, 6.45) is 1.09. The van der Waals surface area contributed by atoms with Crippen LogP contribution in [0.5, 0.6) is 0 Å². The van der Waals surface area contributed by atoms with Crippen LogP contribution in [-0.2, 0) is 14.8 Å². The highest BCUT2D eigenvalue weighted by atomic mass is 35.5. The summed E-state index contributed by atoms with van der Waals surface area (Å²) >= 11 is 5.90. The van der Waals surface area contributed by atoms with E-state index >= 15 is 0 Å². The molecule has 0 fully saturated rings. The van der Waals surface area contributed by atoms with Crippen LogP contribution in [0.3, 0.4) is 0 Å². The Morgan fingerprint density at radius 1 is 1.00 bits per heavy atom. The van der Waals surface area contributed by atoms with Crippen LogP contribution in [0.4, 0.5) is 5.69 Å². The second-order valence-electron chi connectivity index (χ2n) is 7.23. The van der Waals surface area contributed by atoms with Crippen LogP contribution in [0.1, 0.15) is 42.1 Å². The van der Waals surface area contributed by atoms with E-state index in [1.54, 1.807) is 31.2 Å². The second-order valence-corrected chi connectivity index (χ2v) is 9.53. The first-order chi connectivity index (χ1) is 12.9. The van der Waals surface area contributed by atoms with E-state index in [9.17, 15) is 13.2 Å². The van der Waals surface area contributed by atoms with Gasteiger partial charge in [0.2, 0.25) is 15.9 Å². The lowest BCUT2D eigenvalue weighted by Gasteiger charge is -2.29. The molecule has 5 nitrogen and oxygen atoms in total. The van der Waals surface area contributed by atoms with Crippen LogP contribution >= 0.6 is 11.6 Å². The van der Waals surface area contributed by atoms with Gasteiger partial charge in [0.1, 0.15) is 6.04 Å². The molecule has 0 radical (unpaired) electrons. The number of rotatable bonds is 6. The molecule has 28 heavy (non-hydrogen) atoms. The number of aryl methyl sites for hydroxylation is 3. The first-order valence-corrected chi connectivity index (χ1v) is 11.3. The topological polar surface area (TPSA) is 66.5 Å². The fourth-order valence-electron chi connectivity index (χ4n) is 3.26. The molecule has 0 saturated heterocycles. The van der Waals surface area contributed by atoms with E-state index in [1.165, 1.54) is 5.56 Å². The quantitative estimate of drug-likeness (QED) is 0.754. The van der Waals surface area contributed by atoms with E-state index in [4.69, 9.17) is 11.6 Å². The van der Waals surface area contributed by atoms with Crippen molar-refractivity contribution in [3.63, 3.8) is 0 Å². The van der Waals surface area contributed by atoms with E-state index in [0.717, 1.165) is 27.3 Å². The number of anilines is 1. The number of nitrogens with one attached hydrogen (secondary N) is 1. The minimum atomic E-state index is -3.67. The summed E-state index contributed by atoms with van der Waals surface area (Å²) in [6, 6.07) is 9.36. The van der Waals surface area contributed by atoms with Gasteiger partial charge in [0.05, 0.1) is 18.0 Å². The number of hydrogen-bond acceptors (Lipinski definition) is 3. The first kappa shape index (κ1) is 22.2. The minimum Gasteiger partial charge on any atom is -0.348 e. The third kappa shape index (κ3) is 5.06. The van der Waals surface area contributed by atoms with Gasteiger partial charge in [0.15, 0.2) is 0 Å². The maximum Gasteiger partial charge on any atom is 0.244 e. The molecule has 0 aromatic heterocycles. The monoisotopic (exact) mass is 422 g/mol. The summed E-state index contributed by atoms with van der Waals surface area (Å²) in [6.45, 7) is 9.55. The molecule has 0 aliphatic rings. The molecule has 2 aromatic rings. The van der Waals surface area contributed by atoms with Crippen molar-refractivity contribution < 1.29 is 13.2 Å². The Kier molecular flexibility index (Phi) is 6.78. The third-order valence-electron chi connectivity index (χ3n) is 4.88. The first-order valence-electron chi connectivity index (χ1n) is 9.05. The molecule has 2 aromatic carbocycles. The second kappa shape index (κ2) is 8.53. The van der Waals surface area contributed by atoms with Crippen LogP contribution in [-0.4, -0.2) is 26.6 Å². The van der Waals surface area contributed by atoms with Crippen LogP contribution in [0, 0.1) is 20.8 Å². The summed E-state index contributed by atoms with van der Waals surface area (Å²) in [7, 11) is -3.67. The Morgan fingerprint density at radius 3 is 2.07 bits per heavy atom. The van der Waals surface area contributed by atoms with Crippen molar-refractivity contribution in [1.29, 1.82) is 0 Å². The van der Waals surface area contributed by atoms with Crippen molar-refractivity contribution in [3.05, 3.63) is 63.7 Å². The number of sulfonamides is 1. The van der Waals surface area contributed by atoms with E-state index in [1.807, 2.05) is 27.7 Å². The number of nitrogens with zero attached hydrogens (tertiary/aromatic N) is 1. The lowest BCUT2D eigenvalue weighted by Crippen LogP contribution is -2.48. The Morgan fingerprint density at radius 2 is 1.54 bits per heavy atom. The van der Waals surface area contributed by atoms with Gasteiger partial charge >= 0.3 is 0 Å². The standard InChI is InChI=1S/C21H27ClN2O3S/c1-13-11-15(3)20(12-14(13)2)16(4)23-21(25)17(5)24(28(6,26)27)19-9-7-18(22)8-10-19/h7-12,16-17H,1-6H3,(H,23,25)/t16-,17+/m1/s1. The van der Waals surface area contributed by atoms with Crippen LogP contribution in [0.2, 0.25) is 5.02 Å². The normalized spacial score (nSPS) is 13.7. The number of halogens is 1. The summed E-state index contributed by atoms with van der Waals surface area (Å²) in [5.41, 5.74) is 4.83. The maximum absolute atomic E-state index is 12.9. The zero-order chi connectivity index (χ0) is 21.2. The van der Waals surface area contributed by atoms with Gasteiger partial charge in [0.25, 0.3) is 0 Å². The van der Waals surface area contributed by atoms with Gasteiger partial charge in [-0.25, -0.2) is 8.42 Å². The molecule has 2 rings (SSSR count). The summed E-state index contributed by atoms with van der Waals surface area (Å²) in [4.78, 5) is 12.9. The smallest absolute Gasteiger partial charge is 0.244 e. The molecule has 0 aliphatic heterocycles. The van der Waals surface area contributed by atoms with Crippen LogP contribution in [0.15, 0.2) is 36.4 Å². The lowest BCUT2D eigenvalue weighted by molar-refractivity contribution is -0.122.